The first-order valence-corrected chi connectivity index (χ1v) is 32.9. The normalized spacial score (nSPS) is 11.2. The first-order chi connectivity index (χ1) is 36.7. The molecule has 18 heteroatoms. The van der Waals surface area contributed by atoms with Crippen LogP contribution in [0.5, 0.6) is 0 Å². The first-order valence-electron chi connectivity index (χ1n) is 24.8. The number of sulfone groups is 2. The molecule has 7 aromatic carbocycles. The lowest BCUT2D eigenvalue weighted by atomic mass is 10.1. The molecule has 0 bridgehead atoms. The van der Waals surface area contributed by atoms with E-state index < -0.39 is 52.2 Å². The van der Waals surface area contributed by atoms with E-state index in [0.717, 1.165) is 32.0 Å². The molecule has 7 rings (SSSR count). The number of hydrogen-bond acceptors (Lipinski definition) is 10. The minimum absolute atomic E-state index is 0.212. The summed E-state index contributed by atoms with van der Waals surface area (Å²) in [4.78, 5) is 4.32. The summed E-state index contributed by atoms with van der Waals surface area (Å²) in [6, 6.07) is 40.3. The van der Waals surface area contributed by atoms with Crippen molar-refractivity contribution in [1.29, 1.82) is 0 Å². The molecule has 0 aliphatic heterocycles. The molecule has 7 aromatic rings. The Balaban J connectivity index is 0.000000475. The Morgan fingerprint density at radius 2 is 0.625 bits per heavy atom. The highest BCUT2D eigenvalue weighted by Gasteiger charge is 2.67. The van der Waals surface area contributed by atoms with Gasteiger partial charge in [0.2, 0.25) is 0 Å². The summed E-state index contributed by atoms with van der Waals surface area (Å²) in [5.41, 5.74) is 15.8. The maximum absolute atomic E-state index is 13.3. The Labute approximate surface area is 495 Å². The van der Waals surface area contributed by atoms with E-state index in [4.69, 9.17) is 0 Å². The van der Waals surface area contributed by atoms with Crippen LogP contribution >= 0.6 is 48.8 Å². The minimum Gasteiger partial charge on any atom is -0.224 e. The number of thiol groups is 2. The second-order valence-electron chi connectivity index (χ2n) is 19.2. The maximum atomic E-state index is 13.3. The standard InChI is InChI=1S/C10H9F5O2S2.2C9H12O2S.C9H12S.C9H12.2C8H10S/c1-6-4-3-5-7(2)8(6)18-9(11,12)10(13,14)19(15,16)17;2*1-7-5-4-6-8(2)9(7)12(3,10)11;1-7-5-4-6-8(2)9(7)10-3;1-7-5-4-6-8(2)9(7)3;1-6-4-3-5-8(9)7(6)2;1-6-4-3-5-7(2)8(6)9/h3-5H,1-2H3;2*4-6H,1-3H3;4-6H,1-3H3;4-6H,1-3H3;2*3-5,9H,1-2H3. The van der Waals surface area contributed by atoms with E-state index in [2.05, 4.69) is 148 Å². The van der Waals surface area contributed by atoms with Gasteiger partial charge in [-0.1, -0.05) is 125 Å². The maximum Gasteiger partial charge on any atom is 0.446 e. The summed E-state index contributed by atoms with van der Waals surface area (Å²) in [7, 11) is -12.8. The molecule has 0 spiro atoms. The molecule has 0 aliphatic carbocycles. The van der Waals surface area contributed by atoms with Gasteiger partial charge in [0.15, 0.2) is 19.7 Å². The quantitative estimate of drug-likeness (QED) is 0.0704. The van der Waals surface area contributed by atoms with E-state index in [0.29, 0.717) is 9.79 Å². The van der Waals surface area contributed by atoms with Gasteiger partial charge in [-0.2, -0.15) is 26.0 Å². The molecule has 0 amide bonds. The summed E-state index contributed by atoms with van der Waals surface area (Å²) in [5, 5.41) is -10.9. The number of alkyl halides is 4. The number of thioether (sulfide) groups is 2. The molecular formula is C62H77F5O6S7. The molecule has 0 saturated heterocycles. The van der Waals surface area contributed by atoms with Crippen LogP contribution in [0.4, 0.5) is 21.4 Å². The highest BCUT2D eigenvalue weighted by atomic mass is 32.3. The Morgan fingerprint density at radius 3 is 0.838 bits per heavy atom. The molecule has 0 heterocycles. The Hall–Kier alpha value is -4.56. The zero-order valence-corrected chi connectivity index (χ0v) is 54.8. The van der Waals surface area contributed by atoms with Gasteiger partial charge in [-0.25, -0.2) is 16.8 Å². The van der Waals surface area contributed by atoms with Crippen molar-refractivity contribution < 1.29 is 46.7 Å². The van der Waals surface area contributed by atoms with Crippen LogP contribution in [0.3, 0.4) is 0 Å². The third-order valence-corrected chi connectivity index (χ3v) is 19.7. The molecule has 0 aromatic heterocycles. The predicted octanol–water partition coefficient (Wildman–Crippen LogP) is 18.1. The van der Waals surface area contributed by atoms with E-state index in [9.17, 15) is 46.7 Å². The summed E-state index contributed by atoms with van der Waals surface area (Å²) in [5.74, 6) is 0. The van der Waals surface area contributed by atoms with Crippen molar-refractivity contribution in [3.05, 3.63) is 211 Å². The fourth-order valence-corrected chi connectivity index (χ4v) is 13.0. The van der Waals surface area contributed by atoms with Crippen LogP contribution in [0.25, 0.3) is 0 Å². The van der Waals surface area contributed by atoms with E-state index >= 15 is 0 Å². The van der Waals surface area contributed by atoms with Gasteiger partial charge in [-0.05, 0) is 211 Å². The second-order valence-corrected chi connectivity index (χ2v) is 27.3. The van der Waals surface area contributed by atoms with E-state index in [1.807, 2.05) is 94.1 Å². The lowest BCUT2D eigenvalue weighted by molar-refractivity contribution is -0.0928. The zero-order chi connectivity index (χ0) is 61.9. The molecule has 80 heavy (non-hydrogen) atoms. The van der Waals surface area contributed by atoms with Gasteiger partial charge in [-0.15, -0.1) is 37.0 Å². The van der Waals surface area contributed by atoms with Gasteiger partial charge in [0.05, 0.1) is 9.79 Å². The topological polar surface area (TPSA) is 102 Å². The average Bonchev–Trinajstić information content (AvgIpc) is 3.33. The smallest absolute Gasteiger partial charge is 0.224 e. The third kappa shape index (κ3) is 22.6. The van der Waals surface area contributed by atoms with Crippen molar-refractivity contribution in [3.8, 4) is 0 Å². The monoisotopic (exact) mass is 1240 g/mol. The molecule has 0 radical (unpaired) electrons. The summed E-state index contributed by atoms with van der Waals surface area (Å²) in [6.45, 7) is 29.1. The lowest BCUT2D eigenvalue weighted by Gasteiger charge is -2.23. The Kier molecular flexibility index (Phi) is 29.7. The fourth-order valence-electron chi connectivity index (χ4n) is 7.62. The predicted molar refractivity (Wildman–Crippen MR) is 334 cm³/mol. The number of halogens is 5. The van der Waals surface area contributed by atoms with Crippen LogP contribution in [-0.4, -0.2) is 54.5 Å². The third-order valence-electron chi connectivity index (χ3n) is 12.3. The highest BCUT2D eigenvalue weighted by molar-refractivity contribution is 8.01. The molecule has 0 atom stereocenters. The summed E-state index contributed by atoms with van der Waals surface area (Å²) in [6.07, 6.45) is 4.60. The van der Waals surface area contributed by atoms with Crippen molar-refractivity contribution in [2.24, 2.45) is 0 Å². The fraction of sp³-hybridized carbons (Fsp3) is 0.323. The van der Waals surface area contributed by atoms with Crippen molar-refractivity contribution in [2.45, 2.75) is 144 Å². The van der Waals surface area contributed by atoms with Gasteiger partial charge in [0.25, 0.3) is 0 Å². The minimum atomic E-state index is -6.71. The molecule has 0 saturated carbocycles. The van der Waals surface area contributed by atoms with Crippen LogP contribution in [-0.2, 0) is 29.9 Å². The SMILES string of the molecule is CSc1c(C)cccc1C.Cc1cccc(C)c1C.Cc1cccc(C)c1S.Cc1cccc(C)c1S(C)(=O)=O.Cc1cccc(C)c1S(C)(=O)=O.Cc1cccc(C)c1SC(F)(F)C(F)(F)S(=O)(=O)F.Cc1cccc(S)c1C. The number of benzene rings is 7. The van der Waals surface area contributed by atoms with E-state index in [1.54, 1.807) is 0 Å². The summed E-state index contributed by atoms with van der Waals surface area (Å²) >= 11 is 9.73. The zero-order valence-electron chi connectivity index (χ0n) is 48.9. The molecule has 0 unspecified atom stereocenters. The van der Waals surface area contributed by atoms with E-state index in [-0.39, 0.29) is 16.0 Å². The summed E-state index contributed by atoms with van der Waals surface area (Å²) < 4.78 is 130. The highest BCUT2D eigenvalue weighted by Crippen LogP contribution is 2.51. The van der Waals surface area contributed by atoms with Crippen LogP contribution in [0.15, 0.2) is 157 Å². The largest absolute Gasteiger partial charge is 0.446 e. The number of aryl methyl sites for hydroxylation is 13. The molecule has 0 aliphatic rings. The first kappa shape index (κ1) is 73.5. The van der Waals surface area contributed by atoms with Gasteiger partial charge >= 0.3 is 20.7 Å². The van der Waals surface area contributed by atoms with Crippen molar-refractivity contribution in [3.63, 3.8) is 0 Å². The molecule has 0 fully saturated rings. The second kappa shape index (κ2) is 32.3. The van der Waals surface area contributed by atoms with Crippen LogP contribution in [0.1, 0.15) is 83.5 Å². The molecular weight excluding hydrogens is 1160 g/mol. The van der Waals surface area contributed by atoms with Gasteiger partial charge in [0.1, 0.15) is 0 Å². The number of hydrogen-bond donors (Lipinski definition) is 2. The molecule has 6 nitrogen and oxygen atoms in total. The Bertz CT molecular complexity index is 3190. The molecule has 0 N–H and O–H groups in total. The number of rotatable bonds is 7. The van der Waals surface area contributed by atoms with Gasteiger partial charge in [-0.3, -0.25) is 0 Å². The van der Waals surface area contributed by atoms with Crippen LogP contribution in [0.2, 0.25) is 0 Å². The van der Waals surface area contributed by atoms with Gasteiger partial charge < -0.3 is 0 Å². The van der Waals surface area contributed by atoms with Crippen molar-refractivity contribution in [2.75, 3.05) is 18.8 Å². The molecule has 438 valence electrons. The van der Waals surface area contributed by atoms with Crippen molar-refractivity contribution in [1.82, 2.24) is 0 Å². The van der Waals surface area contributed by atoms with Crippen LogP contribution in [0, 0.1) is 104 Å². The average molecular weight is 1240 g/mol. The Morgan fingerprint density at radius 1 is 0.375 bits per heavy atom. The van der Waals surface area contributed by atoms with Crippen LogP contribution < -0.4 is 0 Å². The lowest BCUT2D eigenvalue weighted by Crippen LogP contribution is -2.42. The van der Waals surface area contributed by atoms with Gasteiger partial charge in [0, 0.05) is 32.1 Å². The van der Waals surface area contributed by atoms with E-state index in [1.165, 1.54) is 99.5 Å². The van der Waals surface area contributed by atoms with Crippen molar-refractivity contribution >= 4 is 78.7 Å².